The number of anilines is 1. The number of carbonyl (C=O) groups excluding carboxylic acids is 1. The Labute approximate surface area is 240 Å². The van der Waals surface area contributed by atoms with E-state index in [0.29, 0.717) is 57.3 Å². The number of amides is 1. The van der Waals surface area contributed by atoms with Gasteiger partial charge in [0, 0.05) is 47.8 Å². The van der Waals surface area contributed by atoms with Gasteiger partial charge in [0.2, 0.25) is 0 Å². The Morgan fingerprint density at radius 1 is 1.35 bits per heavy atom. The number of imidazole rings is 1. The van der Waals surface area contributed by atoms with Crippen molar-refractivity contribution < 1.29 is 14.1 Å². The van der Waals surface area contributed by atoms with Crippen LogP contribution in [0.15, 0.2) is 30.7 Å². The number of ether oxygens (including phenoxy) is 1. The van der Waals surface area contributed by atoms with Crippen LogP contribution in [-0.2, 0) is 9.30 Å². The largest absolute Gasteiger partial charge is 0.444 e. The normalized spacial score (nSPS) is 18.2. The second-order valence-corrected chi connectivity index (χ2v) is 15.9. The molecule has 0 bridgehead atoms. The Balaban J connectivity index is 1.58. The first-order valence-corrected chi connectivity index (χ1v) is 16.3. The van der Waals surface area contributed by atoms with Crippen molar-refractivity contribution in [2.45, 2.75) is 44.4 Å². The summed E-state index contributed by atoms with van der Waals surface area (Å²) in [5, 5.41) is 14.0. The molecule has 207 valence electrons. The van der Waals surface area contributed by atoms with Gasteiger partial charge in [-0.1, -0.05) is 17.7 Å². The molecule has 0 unspecified atom stereocenters. The number of nitrogens with zero attached hydrogens (tertiary/aromatic N) is 5. The highest BCUT2D eigenvalue weighted by Gasteiger charge is 2.36. The highest BCUT2D eigenvalue weighted by atomic mass is 35.5. The van der Waals surface area contributed by atoms with Gasteiger partial charge in [-0.05, 0) is 53.0 Å². The third-order valence-electron chi connectivity index (χ3n) is 6.73. The number of hydrogen-bond acceptors (Lipinski definition) is 7. The van der Waals surface area contributed by atoms with Gasteiger partial charge in [-0.25, -0.2) is 14.8 Å². The van der Waals surface area contributed by atoms with Crippen molar-refractivity contribution in [3.63, 3.8) is 0 Å². The lowest BCUT2D eigenvalue weighted by Crippen LogP contribution is -2.56. The third-order valence-corrected chi connectivity index (χ3v) is 9.16. The first-order chi connectivity index (χ1) is 18.7. The number of aromatic amines is 1. The summed E-state index contributed by atoms with van der Waals surface area (Å²) in [5.41, 5.74) is 2.10. The average Bonchev–Trinajstić information content (AvgIpc) is 3.51. The highest BCUT2D eigenvalue weighted by Crippen LogP contribution is 2.42. The van der Waals surface area contributed by atoms with Gasteiger partial charge < -0.3 is 24.5 Å². The van der Waals surface area contributed by atoms with Gasteiger partial charge >= 0.3 is 6.09 Å². The van der Waals surface area contributed by atoms with E-state index in [4.69, 9.17) is 21.3 Å². The molecule has 1 fully saturated rings. The van der Waals surface area contributed by atoms with Crippen LogP contribution in [0, 0.1) is 11.3 Å². The van der Waals surface area contributed by atoms with Gasteiger partial charge in [-0.2, -0.15) is 5.26 Å². The van der Waals surface area contributed by atoms with Crippen LogP contribution in [0.5, 0.6) is 0 Å². The topological polar surface area (TPSA) is 128 Å². The lowest BCUT2D eigenvalue weighted by Gasteiger charge is -2.41. The zero-order chi connectivity index (χ0) is 29.0. The van der Waals surface area contributed by atoms with Crippen molar-refractivity contribution in [2.75, 3.05) is 31.7 Å². The van der Waals surface area contributed by atoms with E-state index >= 15 is 0 Å². The standard InChI is InChI=1S/C27H30ClN7O3PSi/c1-26(2,3)38-25(36)34-11-6-9-27(40,15-34)33-23-24-30-10-12-35(24)22(28)20(32-23)18-14-31-19-17(18)8-7-16(13-29)21(19)39(4,5)37/h7-8,10,12,14,31H,6,9,11,15H2,1-5H3,(H,32,33)/t27-/m0/s1. The predicted octanol–water partition coefficient (Wildman–Crippen LogP) is 4.96. The SMILES string of the molecule is CC(C)(C)OC(=O)N1CCC[C@@]([Si])(Nc2nc(-c3c[nH]c4c(P(C)(C)=O)c(C#N)ccc34)c(Cl)n3ccnc23)C1. The molecule has 3 radical (unpaired) electrons. The number of carbonyl (C=O) groups is 1. The predicted molar refractivity (Wildman–Crippen MR) is 158 cm³/mol. The first kappa shape index (κ1) is 28.2. The fraction of sp³-hybridized carbons (Fsp3) is 0.407. The maximum Gasteiger partial charge on any atom is 0.410 e. The second-order valence-electron chi connectivity index (χ2n) is 11.5. The summed E-state index contributed by atoms with van der Waals surface area (Å²) in [6, 6.07) is 5.65. The summed E-state index contributed by atoms with van der Waals surface area (Å²) in [4.78, 5) is 27.1. The number of fused-ring (bicyclic) bond motifs is 2. The molecule has 40 heavy (non-hydrogen) atoms. The number of hydrogen-bond donors (Lipinski definition) is 2. The molecule has 2 N–H and O–H groups in total. The average molecular weight is 595 g/mol. The Bertz CT molecular complexity index is 1730. The van der Waals surface area contributed by atoms with E-state index < -0.39 is 17.9 Å². The van der Waals surface area contributed by atoms with Crippen molar-refractivity contribution in [3.8, 4) is 17.3 Å². The van der Waals surface area contributed by atoms with Gasteiger partial charge in [-0.3, -0.25) is 4.40 Å². The lowest BCUT2D eigenvalue weighted by molar-refractivity contribution is 0.0191. The fourth-order valence-electron chi connectivity index (χ4n) is 5.11. The fourth-order valence-corrected chi connectivity index (χ4v) is 7.30. The Morgan fingerprint density at radius 3 is 2.77 bits per heavy atom. The van der Waals surface area contributed by atoms with Crippen molar-refractivity contribution in [1.29, 1.82) is 5.26 Å². The van der Waals surface area contributed by atoms with Crippen molar-refractivity contribution in [1.82, 2.24) is 24.3 Å². The van der Waals surface area contributed by atoms with Crippen LogP contribution in [-0.4, -0.2) is 77.8 Å². The third kappa shape index (κ3) is 5.23. The molecule has 1 saturated heterocycles. The van der Waals surface area contributed by atoms with E-state index in [1.165, 1.54) is 0 Å². The first-order valence-electron chi connectivity index (χ1n) is 12.8. The molecule has 1 amide bonds. The van der Waals surface area contributed by atoms with Crippen LogP contribution in [0.1, 0.15) is 39.2 Å². The molecular formula is C27H30ClN7O3PSi. The zero-order valence-electron chi connectivity index (χ0n) is 23.0. The minimum absolute atomic E-state index is 0.348. The lowest BCUT2D eigenvalue weighted by atomic mass is 10.0. The molecule has 10 nitrogen and oxygen atoms in total. The Hall–Kier alpha value is -3.32. The number of likely N-dealkylation sites (tertiary alicyclic amines) is 1. The van der Waals surface area contributed by atoms with Crippen LogP contribution >= 0.6 is 18.7 Å². The summed E-state index contributed by atoms with van der Waals surface area (Å²) in [7, 11) is 1.11. The van der Waals surface area contributed by atoms with Crippen LogP contribution in [0.3, 0.4) is 0 Å². The number of piperidine rings is 1. The van der Waals surface area contributed by atoms with Gasteiger partial charge in [0.15, 0.2) is 11.5 Å². The maximum absolute atomic E-state index is 13.1. The number of nitriles is 1. The summed E-state index contributed by atoms with van der Waals surface area (Å²) in [6.45, 7) is 9.76. The summed E-state index contributed by atoms with van der Waals surface area (Å²) in [5.74, 6) is 0.477. The highest BCUT2D eigenvalue weighted by molar-refractivity contribution is 7.70. The number of rotatable bonds is 4. The summed E-state index contributed by atoms with van der Waals surface area (Å²) >= 11 is 6.87. The molecule has 1 aromatic carbocycles. The van der Waals surface area contributed by atoms with E-state index in [2.05, 4.69) is 31.6 Å². The van der Waals surface area contributed by atoms with E-state index in [-0.39, 0.29) is 6.09 Å². The van der Waals surface area contributed by atoms with E-state index in [0.717, 1.165) is 18.2 Å². The minimum atomic E-state index is -2.79. The molecule has 0 saturated carbocycles. The summed E-state index contributed by atoms with van der Waals surface area (Å²) in [6.07, 6.45) is 6.26. The zero-order valence-corrected chi connectivity index (χ0v) is 25.7. The van der Waals surface area contributed by atoms with Gasteiger partial charge in [0.25, 0.3) is 0 Å². The molecule has 0 aliphatic carbocycles. The molecule has 0 spiro atoms. The van der Waals surface area contributed by atoms with Crippen molar-refractivity contribution >= 4 is 62.8 Å². The molecule has 5 rings (SSSR count). The molecule has 3 aromatic heterocycles. The molecule has 4 heterocycles. The second kappa shape index (κ2) is 9.95. The van der Waals surface area contributed by atoms with E-state index in [1.54, 1.807) is 47.3 Å². The van der Waals surface area contributed by atoms with Crippen molar-refractivity contribution in [2.24, 2.45) is 0 Å². The van der Waals surface area contributed by atoms with Crippen molar-refractivity contribution in [3.05, 3.63) is 41.4 Å². The summed E-state index contributed by atoms with van der Waals surface area (Å²) < 4.78 is 20.5. The van der Waals surface area contributed by atoms with Crippen LogP contribution in [0.2, 0.25) is 5.15 Å². The minimum Gasteiger partial charge on any atom is -0.444 e. The quantitative estimate of drug-likeness (QED) is 0.252. The van der Waals surface area contributed by atoms with Gasteiger partial charge in [0.05, 0.1) is 32.7 Å². The van der Waals surface area contributed by atoms with Gasteiger partial charge in [-0.15, -0.1) is 0 Å². The van der Waals surface area contributed by atoms with Crippen LogP contribution < -0.4 is 10.6 Å². The monoisotopic (exact) mass is 594 g/mol. The molecule has 1 aliphatic rings. The Kier molecular flexibility index (Phi) is 7.02. The molecule has 4 aromatic rings. The van der Waals surface area contributed by atoms with E-state index in [1.807, 2.05) is 26.8 Å². The number of benzene rings is 1. The smallest absolute Gasteiger partial charge is 0.410 e. The Morgan fingerprint density at radius 2 is 2.10 bits per heavy atom. The molecule has 13 heteroatoms. The van der Waals surface area contributed by atoms with Gasteiger partial charge in [0.1, 0.15) is 23.6 Å². The number of aromatic nitrogens is 4. The number of halogens is 1. The van der Waals surface area contributed by atoms with Crippen LogP contribution in [0.4, 0.5) is 10.6 Å². The molecular weight excluding hydrogens is 565 g/mol. The maximum atomic E-state index is 13.1. The van der Waals surface area contributed by atoms with E-state index in [9.17, 15) is 14.6 Å². The van der Waals surface area contributed by atoms with Crippen LogP contribution in [0.25, 0.3) is 27.8 Å². The molecule has 1 atom stereocenters. The molecule has 1 aliphatic heterocycles. The number of nitrogens with one attached hydrogen (secondary N) is 2. The number of H-pyrrole nitrogens is 1.